The van der Waals surface area contributed by atoms with E-state index in [1.54, 1.807) is 0 Å². The molecule has 4 bridgehead atoms. The van der Waals surface area contributed by atoms with Crippen LogP contribution in [0.3, 0.4) is 0 Å². The van der Waals surface area contributed by atoms with Gasteiger partial charge in [-0.25, -0.2) is 0 Å². The number of hydrogen-bond acceptors (Lipinski definition) is 2. The fourth-order valence-electron chi connectivity index (χ4n) is 5.28. The molecule has 3 N–H and O–H groups in total. The maximum atomic E-state index is 12.6. The summed E-state index contributed by atoms with van der Waals surface area (Å²) in [5.74, 6) is 3.90. The van der Waals surface area contributed by atoms with E-state index in [2.05, 4.69) is 19.2 Å². The van der Waals surface area contributed by atoms with Gasteiger partial charge in [-0.3, -0.25) is 4.79 Å². The number of hydrogen-bond donors (Lipinski definition) is 2. The van der Waals surface area contributed by atoms with Gasteiger partial charge in [-0.2, -0.15) is 0 Å². The van der Waals surface area contributed by atoms with Crippen molar-refractivity contribution in [3.8, 4) is 0 Å². The van der Waals surface area contributed by atoms with Crippen LogP contribution in [-0.2, 0) is 4.79 Å². The van der Waals surface area contributed by atoms with Crippen LogP contribution in [0.1, 0.15) is 52.4 Å². The molecule has 20 heavy (non-hydrogen) atoms. The molecule has 114 valence electrons. The molecule has 0 atom stereocenters. The SMILES string of the molecule is CC(C)(CCN)CNC(=O)C1C2CC3CC(C2)CC1C3. The Balaban J connectivity index is 1.58. The smallest absolute Gasteiger partial charge is 0.223 e. The summed E-state index contributed by atoms with van der Waals surface area (Å²) >= 11 is 0. The molecule has 3 nitrogen and oxygen atoms in total. The largest absolute Gasteiger partial charge is 0.355 e. The van der Waals surface area contributed by atoms with Gasteiger partial charge in [0.15, 0.2) is 0 Å². The zero-order chi connectivity index (χ0) is 14.3. The summed E-state index contributed by atoms with van der Waals surface area (Å²) in [5, 5.41) is 3.24. The normalized spacial score (nSPS) is 39.0. The predicted octanol–water partition coefficient (Wildman–Crippen LogP) is 2.55. The standard InChI is InChI=1S/C17H30N2O/c1-17(2,3-4-18)10-19-16(20)15-13-6-11-5-12(8-13)9-14(15)7-11/h11-15H,3-10,18H2,1-2H3,(H,19,20). The van der Waals surface area contributed by atoms with E-state index in [1.165, 1.54) is 32.1 Å². The van der Waals surface area contributed by atoms with Gasteiger partial charge in [0.25, 0.3) is 0 Å². The van der Waals surface area contributed by atoms with Crippen LogP contribution in [-0.4, -0.2) is 19.0 Å². The molecule has 4 aliphatic rings. The minimum Gasteiger partial charge on any atom is -0.355 e. The van der Waals surface area contributed by atoms with Gasteiger partial charge < -0.3 is 11.1 Å². The molecule has 0 aromatic heterocycles. The first-order valence-electron chi connectivity index (χ1n) is 8.46. The van der Waals surface area contributed by atoms with E-state index >= 15 is 0 Å². The maximum Gasteiger partial charge on any atom is 0.223 e. The molecular weight excluding hydrogens is 248 g/mol. The highest BCUT2D eigenvalue weighted by Gasteiger charge is 2.50. The molecule has 4 aliphatic carbocycles. The van der Waals surface area contributed by atoms with Crippen molar-refractivity contribution in [1.82, 2.24) is 5.32 Å². The summed E-state index contributed by atoms with van der Waals surface area (Å²) in [4.78, 5) is 12.6. The molecule has 3 heteroatoms. The summed E-state index contributed by atoms with van der Waals surface area (Å²) in [6.07, 6.45) is 7.68. The maximum absolute atomic E-state index is 12.6. The molecule has 0 aliphatic heterocycles. The third-order valence-corrected chi connectivity index (χ3v) is 6.09. The van der Waals surface area contributed by atoms with Crippen LogP contribution in [0.5, 0.6) is 0 Å². The third-order valence-electron chi connectivity index (χ3n) is 6.09. The number of carbonyl (C=O) groups is 1. The number of carbonyl (C=O) groups excluding carboxylic acids is 1. The van der Waals surface area contributed by atoms with Gasteiger partial charge in [0.2, 0.25) is 5.91 Å². The molecule has 0 heterocycles. The van der Waals surface area contributed by atoms with E-state index in [0.717, 1.165) is 24.8 Å². The van der Waals surface area contributed by atoms with Crippen molar-refractivity contribution >= 4 is 5.91 Å². The highest BCUT2D eigenvalue weighted by Crippen LogP contribution is 2.56. The number of rotatable bonds is 5. The molecule has 4 fully saturated rings. The lowest BCUT2D eigenvalue weighted by Crippen LogP contribution is -2.52. The molecule has 0 aromatic rings. The van der Waals surface area contributed by atoms with Gasteiger partial charge in [0.05, 0.1) is 0 Å². The molecule has 1 amide bonds. The summed E-state index contributed by atoms with van der Waals surface area (Å²) in [7, 11) is 0. The van der Waals surface area contributed by atoms with Gasteiger partial charge >= 0.3 is 0 Å². The van der Waals surface area contributed by atoms with Crippen molar-refractivity contribution in [2.45, 2.75) is 52.4 Å². The lowest BCUT2D eigenvalue weighted by Gasteiger charge is -2.53. The minimum absolute atomic E-state index is 0.121. The van der Waals surface area contributed by atoms with Crippen LogP contribution in [0.15, 0.2) is 0 Å². The summed E-state index contributed by atoms with van der Waals surface area (Å²) in [6, 6.07) is 0. The first-order chi connectivity index (χ1) is 9.48. The zero-order valence-corrected chi connectivity index (χ0v) is 13.0. The Kier molecular flexibility index (Phi) is 3.83. The van der Waals surface area contributed by atoms with Crippen LogP contribution in [0.25, 0.3) is 0 Å². The molecular formula is C17H30N2O. The predicted molar refractivity (Wildman–Crippen MR) is 81.0 cm³/mol. The van der Waals surface area contributed by atoms with E-state index < -0.39 is 0 Å². The van der Waals surface area contributed by atoms with Gasteiger partial charge in [-0.15, -0.1) is 0 Å². The Labute approximate surface area is 123 Å². The Morgan fingerprint density at radius 1 is 1.10 bits per heavy atom. The first kappa shape index (κ1) is 14.4. The molecule has 4 saturated carbocycles. The lowest BCUT2D eigenvalue weighted by atomic mass is 9.51. The minimum atomic E-state index is 0.121. The average Bonchev–Trinajstić information content (AvgIpc) is 2.35. The van der Waals surface area contributed by atoms with Gasteiger partial charge in [0, 0.05) is 12.5 Å². The average molecular weight is 278 g/mol. The van der Waals surface area contributed by atoms with Crippen molar-refractivity contribution < 1.29 is 4.79 Å². The number of nitrogens with one attached hydrogen (secondary N) is 1. The van der Waals surface area contributed by atoms with Gasteiger partial charge in [-0.05, 0) is 74.2 Å². The van der Waals surface area contributed by atoms with Crippen molar-refractivity contribution in [1.29, 1.82) is 0 Å². The lowest BCUT2D eigenvalue weighted by molar-refractivity contribution is -0.138. The molecule has 0 aromatic carbocycles. The third kappa shape index (κ3) is 2.74. The molecule has 0 saturated heterocycles. The summed E-state index contributed by atoms with van der Waals surface area (Å²) in [6.45, 7) is 5.85. The Bertz CT molecular complexity index is 349. The van der Waals surface area contributed by atoms with Crippen LogP contribution < -0.4 is 11.1 Å². The summed E-state index contributed by atoms with van der Waals surface area (Å²) < 4.78 is 0. The van der Waals surface area contributed by atoms with E-state index in [0.29, 0.717) is 30.2 Å². The van der Waals surface area contributed by atoms with Crippen molar-refractivity contribution in [2.24, 2.45) is 40.7 Å². The topological polar surface area (TPSA) is 55.1 Å². The van der Waals surface area contributed by atoms with E-state index in [9.17, 15) is 4.79 Å². The zero-order valence-electron chi connectivity index (χ0n) is 13.0. The quantitative estimate of drug-likeness (QED) is 0.812. The Morgan fingerprint density at radius 2 is 1.65 bits per heavy atom. The van der Waals surface area contributed by atoms with Crippen LogP contribution in [0.4, 0.5) is 0 Å². The van der Waals surface area contributed by atoms with E-state index in [4.69, 9.17) is 5.73 Å². The fourth-order valence-corrected chi connectivity index (χ4v) is 5.28. The second-order valence-electron chi connectivity index (χ2n) is 8.38. The highest BCUT2D eigenvalue weighted by molar-refractivity contribution is 5.79. The molecule has 0 radical (unpaired) electrons. The van der Waals surface area contributed by atoms with Crippen LogP contribution >= 0.6 is 0 Å². The van der Waals surface area contributed by atoms with E-state index in [-0.39, 0.29) is 5.41 Å². The van der Waals surface area contributed by atoms with Crippen molar-refractivity contribution in [3.05, 3.63) is 0 Å². The van der Waals surface area contributed by atoms with Crippen molar-refractivity contribution in [2.75, 3.05) is 13.1 Å². The number of amides is 1. The van der Waals surface area contributed by atoms with Crippen molar-refractivity contribution in [3.63, 3.8) is 0 Å². The first-order valence-corrected chi connectivity index (χ1v) is 8.46. The Hall–Kier alpha value is -0.570. The second-order valence-corrected chi connectivity index (χ2v) is 8.38. The van der Waals surface area contributed by atoms with Crippen LogP contribution in [0, 0.1) is 35.0 Å². The fraction of sp³-hybridized carbons (Fsp3) is 0.941. The number of nitrogens with two attached hydrogens (primary N) is 1. The Morgan fingerprint density at radius 3 is 2.15 bits per heavy atom. The summed E-state index contributed by atoms with van der Waals surface area (Å²) in [5.41, 5.74) is 5.77. The van der Waals surface area contributed by atoms with Crippen LogP contribution in [0.2, 0.25) is 0 Å². The second kappa shape index (κ2) is 5.32. The molecule has 4 rings (SSSR count). The van der Waals surface area contributed by atoms with Gasteiger partial charge in [-0.1, -0.05) is 13.8 Å². The highest BCUT2D eigenvalue weighted by atomic mass is 16.1. The van der Waals surface area contributed by atoms with E-state index in [1.807, 2.05) is 0 Å². The molecule has 0 unspecified atom stereocenters. The van der Waals surface area contributed by atoms with Gasteiger partial charge in [0.1, 0.15) is 0 Å². The monoisotopic (exact) mass is 278 g/mol. The molecule has 0 spiro atoms.